The van der Waals surface area contributed by atoms with Crippen LogP contribution in [0.4, 0.5) is 30.5 Å². The van der Waals surface area contributed by atoms with Crippen molar-refractivity contribution in [2.24, 2.45) is 0 Å². The van der Waals surface area contributed by atoms with Crippen LogP contribution in [0.1, 0.15) is 10.4 Å². The molecule has 0 aliphatic carbocycles. The molecule has 2 N–H and O–H groups in total. The number of amides is 1. The first-order chi connectivity index (χ1) is 12.0. The first-order valence-corrected chi connectivity index (χ1v) is 7.12. The van der Waals surface area contributed by atoms with Crippen molar-refractivity contribution in [2.75, 3.05) is 10.6 Å². The zero-order chi connectivity index (χ0) is 17.8. The van der Waals surface area contributed by atoms with Crippen LogP contribution in [0, 0.1) is 17.5 Å². The van der Waals surface area contributed by atoms with Crippen LogP contribution in [-0.4, -0.2) is 15.9 Å². The van der Waals surface area contributed by atoms with Gasteiger partial charge in [0.25, 0.3) is 5.91 Å². The zero-order valence-corrected chi connectivity index (χ0v) is 12.6. The summed E-state index contributed by atoms with van der Waals surface area (Å²) in [5, 5.41) is 5.08. The minimum absolute atomic E-state index is 0.00152. The summed E-state index contributed by atoms with van der Waals surface area (Å²) in [6.45, 7) is 0. The molecule has 0 aliphatic rings. The fourth-order valence-corrected chi connectivity index (χ4v) is 1.99. The molecule has 0 spiro atoms. The van der Waals surface area contributed by atoms with Gasteiger partial charge in [-0.15, -0.1) is 0 Å². The molecule has 0 unspecified atom stereocenters. The number of aromatic nitrogens is 2. The maximum atomic E-state index is 13.6. The summed E-state index contributed by atoms with van der Waals surface area (Å²) in [5.41, 5.74) is 0.424. The average Bonchev–Trinajstić information content (AvgIpc) is 2.58. The van der Waals surface area contributed by atoms with Crippen LogP contribution in [-0.2, 0) is 0 Å². The second-order valence-corrected chi connectivity index (χ2v) is 5.01. The van der Waals surface area contributed by atoms with Crippen LogP contribution >= 0.6 is 0 Å². The van der Waals surface area contributed by atoms with Gasteiger partial charge in [-0.1, -0.05) is 6.07 Å². The lowest BCUT2D eigenvalue weighted by Gasteiger charge is -2.07. The number of anilines is 3. The quantitative estimate of drug-likeness (QED) is 0.753. The maximum absolute atomic E-state index is 13.6. The molecule has 0 bridgehead atoms. The van der Waals surface area contributed by atoms with Crippen LogP contribution in [0.25, 0.3) is 0 Å². The molecule has 0 fully saturated rings. The number of hydrogen-bond acceptors (Lipinski definition) is 4. The molecule has 0 saturated heterocycles. The molecule has 0 atom stereocenters. The number of carbonyl (C=O) groups is 1. The largest absolute Gasteiger partial charge is 0.322 e. The predicted molar refractivity (Wildman–Crippen MR) is 86.0 cm³/mol. The fourth-order valence-electron chi connectivity index (χ4n) is 1.99. The highest BCUT2D eigenvalue weighted by atomic mass is 19.1. The lowest BCUT2D eigenvalue weighted by Crippen LogP contribution is -2.13. The summed E-state index contributed by atoms with van der Waals surface area (Å²) < 4.78 is 39.5. The Kier molecular flexibility index (Phi) is 4.60. The Hall–Kier alpha value is -3.42. The van der Waals surface area contributed by atoms with E-state index in [0.29, 0.717) is 5.69 Å². The Balaban J connectivity index is 1.70. The monoisotopic (exact) mass is 344 g/mol. The van der Waals surface area contributed by atoms with Gasteiger partial charge in [0.2, 0.25) is 5.95 Å². The normalized spacial score (nSPS) is 10.4. The van der Waals surface area contributed by atoms with Gasteiger partial charge >= 0.3 is 0 Å². The second-order valence-electron chi connectivity index (χ2n) is 5.01. The SMILES string of the molecule is O=C(Nc1cccc(F)c1)c1cnc(Nc2ccc(F)cc2F)nc1. The van der Waals surface area contributed by atoms with E-state index >= 15 is 0 Å². The Morgan fingerprint density at radius 2 is 1.64 bits per heavy atom. The Morgan fingerprint density at radius 3 is 2.32 bits per heavy atom. The van der Waals surface area contributed by atoms with E-state index in [1.165, 1.54) is 42.7 Å². The van der Waals surface area contributed by atoms with Gasteiger partial charge in [-0.05, 0) is 30.3 Å². The van der Waals surface area contributed by atoms with Gasteiger partial charge < -0.3 is 10.6 Å². The maximum Gasteiger partial charge on any atom is 0.258 e. The van der Waals surface area contributed by atoms with E-state index in [9.17, 15) is 18.0 Å². The summed E-state index contributed by atoms with van der Waals surface area (Å²) in [6.07, 6.45) is 2.46. The van der Waals surface area contributed by atoms with Crippen LogP contribution < -0.4 is 10.6 Å². The van der Waals surface area contributed by atoms with Crippen molar-refractivity contribution in [3.8, 4) is 0 Å². The molecule has 5 nitrogen and oxygen atoms in total. The van der Waals surface area contributed by atoms with Crippen molar-refractivity contribution in [3.05, 3.63) is 77.9 Å². The van der Waals surface area contributed by atoms with E-state index < -0.39 is 23.4 Å². The van der Waals surface area contributed by atoms with Gasteiger partial charge in [0.1, 0.15) is 17.5 Å². The van der Waals surface area contributed by atoms with Gasteiger partial charge in [0.15, 0.2) is 0 Å². The second kappa shape index (κ2) is 7.00. The summed E-state index contributed by atoms with van der Waals surface area (Å²) in [7, 11) is 0. The summed E-state index contributed by atoms with van der Waals surface area (Å²) in [6, 6.07) is 8.45. The number of carbonyl (C=O) groups excluding carboxylic acids is 1. The minimum Gasteiger partial charge on any atom is -0.322 e. The smallest absolute Gasteiger partial charge is 0.258 e. The molecule has 1 aromatic heterocycles. The number of halogens is 3. The highest BCUT2D eigenvalue weighted by molar-refractivity contribution is 6.03. The number of rotatable bonds is 4. The van der Waals surface area contributed by atoms with Crippen molar-refractivity contribution in [2.45, 2.75) is 0 Å². The molecule has 0 radical (unpaired) electrons. The first-order valence-electron chi connectivity index (χ1n) is 7.12. The molecule has 3 rings (SSSR count). The van der Waals surface area contributed by atoms with Crippen molar-refractivity contribution < 1.29 is 18.0 Å². The number of hydrogen-bond donors (Lipinski definition) is 2. The van der Waals surface area contributed by atoms with Gasteiger partial charge in [0, 0.05) is 24.1 Å². The molecule has 1 heterocycles. The minimum atomic E-state index is -0.795. The highest BCUT2D eigenvalue weighted by Crippen LogP contribution is 2.18. The molecule has 3 aromatic rings. The zero-order valence-electron chi connectivity index (χ0n) is 12.6. The van der Waals surface area contributed by atoms with Crippen LogP contribution in [0.5, 0.6) is 0 Å². The lowest BCUT2D eigenvalue weighted by molar-refractivity contribution is 0.102. The fraction of sp³-hybridized carbons (Fsp3) is 0. The van der Waals surface area contributed by atoms with Gasteiger partial charge in [0.05, 0.1) is 11.3 Å². The molecule has 2 aromatic carbocycles. The van der Waals surface area contributed by atoms with Crippen molar-refractivity contribution in [1.82, 2.24) is 9.97 Å². The van der Waals surface area contributed by atoms with E-state index in [0.717, 1.165) is 12.1 Å². The number of nitrogens with one attached hydrogen (secondary N) is 2. The molecule has 25 heavy (non-hydrogen) atoms. The molecule has 8 heteroatoms. The first kappa shape index (κ1) is 16.4. The van der Waals surface area contributed by atoms with E-state index in [2.05, 4.69) is 20.6 Å². The standard InChI is InChI=1S/C17H11F3N4O/c18-11-2-1-3-13(6-11)23-16(25)10-8-21-17(22-9-10)24-15-5-4-12(19)7-14(15)20/h1-9H,(H,23,25)(H,21,22,24). The van der Waals surface area contributed by atoms with Gasteiger partial charge in [-0.2, -0.15) is 0 Å². The van der Waals surface area contributed by atoms with Crippen molar-refractivity contribution >= 4 is 23.2 Å². The molecular formula is C17H11F3N4O. The van der Waals surface area contributed by atoms with E-state index in [4.69, 9.17) is 0 Å². The third-order valence-electron chi connectivity index (χ3n) is 3.17. The van der Waals surface area contributed by atoms with Crippen molar-refractivity contribution in [3.63, 3.8) is 0 Å². The van der Waals surface area contributed by atoms with Crippen LogP contribution in [0.3, 0.4) is 0 Å². The third-order valence-corrected chi connectivity index (χ3v) is 3.17. The lowest BCUT2D eigenvalue weighted by atomic mass is 10.2. The van der Waals surface area contributed by atoms with Crippen molar-refractivity contribution in [1.29, 1.82) is 0 Å². The Labute approximate surface area is 140 Å². The predicted octanol–water partition coefficient (Wildman–Crippen LogP) is 3.89. The summed E-state index contributed by atoms with van der Waals surface area (Å²) in [4.78, 5) is 19.9. The third kappa shape index (κ3) is 4.11. The molecule has 0 aliphatic heterocycles. The van der Waals surface area contributed by atoms with Crippen LogP contribution in [0.2, 0.25) is 0 Å². The topological polar surface area (TPSA) is 66.9 Å². The van der Waals surface area contributed by atoms with Crippen LogP contribution in [0.15, 0.2) is 54.9 Å². The van der Waals surface area contributed by atoms with E-state index in [-0.39, 0.29) is 17.2 Å². The molecule has 1 amide bonds. The molecular weight excluding hydrogens is 333 g/mol. The summed E-state index contributed by atoms with van der Waals surface area (Å²) in [5.74, 6) is -2.46. The van der Waals surface area contributed by atoms with Gasteiger partial charge in [-0.25, -0.2) is 23.1 Å². The highest BCUT2D eigenvalue weighted by Gasteiger charge is 2.10. The average molecular weight is 344 g/mol. The molecule has 0 saturated carbocycles. The van der Waals surface area contributed by atoms with E-state index in [1.54, 1.807) is 0 Å². The Bertz CT molecular complexity index is 916. The van der Waals surface area contributed by atoms with Gasteiger partial charge in [-0.3, -0.25) is 4.79 Å². The van der Waals surface area contributed by atoms with E-state index in [1.807, 2.05) is 0 Å². The number of benzene rings is 2. The Morgan fingerprint density at radius 1 is 0.920 bits per heavy atom. The number of nitrogens with zero attached hydrogens (tertiary/aromatic N) is 2. The molecule has 126 valence electrons. The summed E-state index contributed by atoms with van der Waals surface area (Å²) >= 11 is 0.